The highest BCUT2D eigenvalue weighted by Gasteiger charge is 2.23. The molecule has 0 fully saturated rings. The topological polar surface area (TPSA) is 108 Å². The van der Waals surface area contributed by atoms with Gasteiger partial charge in [0.05, 0.1) is 12.1 Å². The maximum atomic E-state index is 13.4. The summed E-state index contributed by atoms with van der Waals surface area (Å²) >= 11 is 8.65. The first-order valence-corrected chi connectivity index (χ1v) is 13.4. The van der Waals surface area contributed by atoms with Crippen molar-refractivity contribution in [3.05, 3.63) is 94.8 Å². The fraction of sp³-hybridized carbons (Fsp3) is 0.111. The molecule has 1 heterocycles. The van der Waals surface area contributed by atoms with E-state index in [1.807, 2.05) is 53.9 Å². The monoisotopic (exact) mass is 551 g/mol. The fourth-order valence-electron chi connectivity index (χ4n) is 3.38. The maximum absolute atomic E-state index is 13.4. The van der Waals surface area contributed by atoms with Gasteiger partial charge in [0.2, 0.25) is 11.8 Å². The number of carbonyl (C=O) groups is 3. The Balaban J connectivity index is 1.49. The molecule has 1 unspecified atom stereocenters. The normalized spacial score (nSPS) is 11.5. The standard InChI is InChI=1S/C27H22ClN3O4S2/c28-19-11-9-17(10-12-19)22-16-36-27(30-22)31-26(35)25(18-5-2-1-3-6-18)37-21-8-4-7-20(15-21)29-23(32)13-14-24(33)34/h1-12,15-16,25H,13-14H2,(H,29,32)(H,33,34)(H,30,31,35). The molecule has 0 aliphatic carbocycles. The summed E-state index contributed by atoms with van der Waals surface area (Å²) in [6, 6.07) is 23.8. The number of nitrogens with one attached hydrogen (secondary N) is 2. The van der Waals surface area contributed by atoms with Crippen molar-refractivity contribution in [1.29, 1.82) is 0 Å². The third-order valence-corrected chi connectivity index (χ3v) is 7.41. The van der Waals surface area contributed by atoms with E-state index in [2.05, 4.69) is 15.6 Å². The highest BCUT2D eigenvalue weighted by atomic mass is 35.5. The minimum atomic E-state index is -1.03. The van der Waals surface area contributed by atoms with E-state index >= 15 is 0 Å². The molecule has 0 spiro atoms. The molecule has 0 saturated carbocycles. The Morgan fingerprint density at radius 2 is 1.70 bits per heavy atom. The fourth-order valence-corrected chi connectivity index (χ4v) is 5.32. The summed E-state index contributed by atoms with van der Waals surface area (Å²) in [7, 11) is 0. The van der Waals surface area contributed by atoms with E-state index in [0.717, 1.165) is 21.7 Å². The SMILES string of the molecule is O=C(O)CCC(=O)Nc1cccc(SC(C(=O)Nc2nc(-c3ccc(Cl)cc3)cs2)c2ccccc2)c1. The second-order valence-electron chi connectivity index (χ2n) is 7.91. The molecule has 3 N–H and O–H groups in total. The zero-order chi connectivity index (χ0) is 26.2. The molecular weight excluding hydrogens is 530 g/mol. The highest BCUT2D eigenvalue weighted by Crippen LogP contribution is 2.37. The Morgan fingerprint density at radius 3 is 2.43 bits per heavy atom. The van der Waals surface area contributed by atoms with Crippen molar-refractivity contribution in [2.24, 2.45) is 0 Å². The lowest BCUT2D eigenvalue weighted by atomic mass is 10.1. The molecule has 0 saturated heterocycles. The second kappa shape index (κ2) is 12.5. The van der Waals surface area contributed by atoms with Crippen molar-refractivity contribution in [1.82, 2.24) is 4.98 Å². The molecule has 1 aromatic heterocycles. The number of hydrogen-bond acceptors (Lipinski definition) is 6. The van der Waals surface area contributed by atoms with Gasteiger partial charge in [-0.25, -0.2) is 4.98 Å². The molecule has 37 heavy (non-hydrogen) atoms. The molecule has 3 aromatic carbocycles. The summed E-state index contributed by atoms with van der Waals surface area (Å²) in [5, 5.41) is 16.8. The van der Waals surface area contributed by atoms with Crippen LogP contribution in [0.2, 0.25) is 5.02 Å². The van der Waals surface area contributed by atoms with Gasteiger partial charge in [0, 0.05) is 33.0 Å². The number of carboxylic acid groups (broad SMARTS) is 1. The van der Waals surface area contributed by atoms with E-state index in [9.17, 15) is 14.4 Å². The number of amides is 2. The average Bonchev–Trinajstić information content (AvgIpc) is 3.35. The van der Waals surface area contributed by atoms with Crippen LogP contribution in [0, 0.1) is 0 Å². The number of thiazole rings is 1. The van der Waals surface area contributed by atoms with Crippen molar-refractivity contribution >= 4 is 63.3 Å². The molecule has 4 rings (SSSR count). The van der Waals surface area contributed by atoms with Gasteiger partial charge in [-0.05, 0) is 35.9 Å². The Hall–Kier alpha value is -3.66. The van der Waals surface area contributed by atoms with Crippen LogP contribution in [0.15, 0.2) is 89.1 Å². The van der Waals surface area contributed by atoms with E-state index in [0.29, 0.717) is 15.8 Å². The van der Waals surface area contributed by atoms with Crippen LogP contribution < -0.4 is 10.6 Å². The van der Waals surface area contributed by atoms with Crippen LogP contribution in [0.1, 0.15) is 23.7 Å². The van der Waals surface area contributed by atoms with E-state index in [1.165, 1.54) is 23.1 Å². The Bertz CT molecular complexity index is 1390. The lowest BCUT2D eigenvalue weighted by molar-refractivity contribution is -0.138. The minimum Gasteiger partial charge on any atom is -0.481 e. The number of halogens is 1. The van der Waals surface area contributed by atoms with Gasteiger partial charge < -0.3 is 15.7 Å². The minimum absolute atomic E-state index is 0.117. The third-order valence-electron chi connectivity index (χ3n) is 5.15. The number of nitrogens with zero attached hydrogens (tertiary/aromatic N) is 1. The summed E-state index contributed by atoms with van der Waals surface area (Å²) in [5.74, 6) is -1.65. The van der Waals surface area contributed by atoms with Gasteiger partial charge >= 0.3 is 5.97 Å². The van der Waals surface area contributed by atoms with E-state index in [-0.39, 0.29) is 24.7 Å². The first kappa shape index (κ1) is 26.4. The predicted molar refractivity (Wildman–Crippen MR) is 148 cm³/mol. The molecule has 2 amide bonds. The van der Waals surface area contributed by atoms with Crippen LogP contribution in [0.5, 0.6) is 0 Å². The summed E-state index contributed by atoms with van der Waals surface area (Å²) in [6.45, 7) is 0. The summed E-state index contributed by atoms with van der Waals surface area (Å²) in [6.07, 6.45) is -0.361. The van der Waals surface area contributed by atoms with Gasteiger partial charge in [0.25, 0.3) is 0 Å². The van der Waals surface area contributed by atoms with Gasteiger partial charge in [-0.3, -0.25) is 14.4 Å². The average molecular weight is 552 g/mol. The zero-order valence-corrected chi connectivity index (χ0v) is 21.8. The van der Waals surface area contributed by atoms with E-state index < -0.39 is 11.2 Å². The highest BCUT2D eigenvalue weighted by molar-refractivity contribution is 8.00. The molecule has 0 radical (unpaired) electrons. The van der Waals surface area contributed by atoms with Crippen LogP contribution in [-0.4, -0.2) is 27.9 Å². The third kappa shape index (κ3) is 7.66. The molecule has 0 aliphatic rings. The van der Waals surface area contributed by atoms with Crippen molar-refractivity contribution in [2.45, 2.75) is 23.0 Å². The lowest BCUT2D eigenvalue weighted by Gasteiger charge is -2.17. The number of aromatic nitrogens is 1. The molecule has 0 aliphatic heterocycles. The number of aliphatic carboxylic acids is 1. The molecular formula is C27H22ClN3O4S2. The number of benzene rings is 3. The van der Waals surface area contributed by atoms with Crippen LogP contribution in [0.3, 0.4) is 0 Å². The van der Waals surface area contributed by atoms with Gasteiger partial charge in [-0.15, -0.1) is 23.1 Å². The lowest BCUT2D eigenvalue weighted by Crippen LogP contribution is -2.19. The molecule has 1 atom stereocenters. The van der Waals surface area contributed by atoms with Crippen LogP contribution >= 0.6 is 34.7 Å². The van der Waals surface area contributed by atoms with Crippen LogP contribution in [0.25, 0.3) is 11.3 Å². The van der Waals surface area contributed by atoms with Crippen LogP contribution in [-0.2, 0) is 14.4 Å². The number of carbonyl (C=O) groups excluding carboxylic acids is 2. The molecule has 0 bridgehead atoms. The first-order valence-electron chi connectivity index (χ1n) is 11.2. The van der Waals surface area contributed by atoms with E-state index in [1.54, 1.807) is 30.3 Å². The maximum Gasteiger partial charge on any atom is 0.303 e. The summed E-state index contributed by atoms with van der Waals surface area (Å²) in [5.41, 5.74) is 2.99. The van der Waals surface area contributed by atoms with E-state index in [4.69, 9.17) is 16.7 Å². The second-order valence-corrected chi connectivity index (χ2v) is 10.4. The molecule has 4 aromatic rings. The smallest absolute Gasteiger partial charge is 0.303 e. The molecule has 188 valence electrons. The number of rotatable bonds is 10. The number of carboxylic acids is 1. The quantitative estimate of drug-likeness (QED) is 0.188. The van der Waals surface area contributed by atoms with Gasteiger partial charge in [-0.2, -0.15) is 0 Å². The van der Waals surface area contributed by atoms with Crippen molar-refractivity contribution in [3.8, 4) is 11.3 Å². The largest absolute Gasteiger partial charge is 0.481 e. The predicted octanol–water partition coefficient (Wildman–Crippen LogP) is 6.74. The number of hydrogen-bond donors (Lipinski definition) is 3. The van der Waals surface area contributed by atoms with Gasteiger partial charge in [0.15, 0.2) is 5.13 Å². The number of anilines is 2. The van der Waals surface area contributed by atoms with Crippen LogP contribution in [0.4, 0.5) is 10.8 Å². The Labute approximate surface area is 226 Å². The van der Waals surface area contributed by atoms with Crippen molar-refractivity contribution in [3.63, 3.8) is 0 Å². The molecule has 7 nitrogen and oxygen atoms in total. The van der Waals surface area contributed by atoms with Gasteiger partial charge in [0.1, 0.15) is 5.25 Å². The first-order chi connectivity index (χ1) is 17.9. The zero-order valence-electron chi connectivity index (χ0n) is 19.4. The Kier molecular flexibility index (Phi) is 8.95. The Morgan fingerprint density at radius 1 is 0.946 bits per heavy atom. The van der Waals surface area contributed by atoms with Crippen molar-refractivity contribution < 1.29 is 19.5 Å². The van der Waals surface area contributed by atoms with Crippen molar-refractivity contribution in [2.75, 3.05) is 10.6 Å². The summed E-state index contributed by atoms with van der Waals surface area (Å²) < 4.78 is 0. The summed E-state index contributed by atoms with van der Waals surface area (Å²) in [4.78, 5) is 41.5. The van der Waals surface area contributed by atoms with Gasteiger partial charge in [-0.1, -0.05) is 60.1 Å². The molecule has 10 heteroatoms. The number of thioether (sulfide) groups is 1.